The van der Waals surface area contributed by atoms with Crippen molar-refractivity contribution in [3.63, 3.8) is 0 Å². The molecule has 0 radical (unpaired) electrons. The normalized spacial score (nSPS) is 10.4. The van der Waals surface area contributed by atoms with E-state index >= 15 is 0 Å². The zero-order valence-electron chi connectivity index (χ0n) is 8.70. The van der Waals surface area contributed by atoms with Gasteiger partial charge in [0.15, 0.2) is 11.5 Å². The number of hydrogen-bond donors (Lipinski definition) is 4. The molecule has 0 atom stereocenters. The minimum atomic E-state index is -0.570. The number of hydrogen-bond acceptors (Lipinski definition) is 5. The molecule has 0 aromatic carbocycles. The van der Waals surface area contributed by atoms with Gasteiger partial charge in [-0.1, -0.05) is 0 Å². The Hall–Kier alpha value is -2.09. The Morgan fingerprint density at radius 1 is 1.47 bits per heavy atom. The van der Waals surface area contributed by atoms with Crippen LogP contribution in [0.1, 0.15) is 0 Å². The van der Waals surface area contributed by atoms with E-state index in [2.05, 4.69) is 30.6 Å². The van der Waals surface area contributed by atoms with Crippen molar-refractivity contribution in [2.24, 2.45) is 5.73 Å². The number of imidazole rings is 1. The fourth-order valence-electron chi connectivity index (χ4n) is 1.30. The van der Waals surface area contributed by atoms with Gasteiger partial charge in [0.25, 0.3) is 0 Å². The average Bonchev–Trinajstić information content (AvgIpc) is 2.71. The number of amides is 2. The van der Waals surface area contributed by atoms with E-state index < -0.39 is 6.03 Å². The molecular weight excluding hydrogens is 246 g/mol. The van der Waals surface area contributed by atoms with Gasteiger partial charge in [0.05, 0.1) is 6.33 Å². The minimum Gasteiger partial charge on any atom is -0.366 e. The maximum Gasteiger partial charge on any atom is 0.312 e. The summed E-state index contributed by atoms with van der Waals surface area (Å²) in [6.45, 7) is 0.844. The highest BCUT2D eigenvalue weighted by Crippen LogP contribution is 2.17. The van der Waals surface area contributed by atoms with E-state index in [0.29, 0.717) is 30.1 Å². The fourth-order valence-corrected chi connectivity index (χ4v) is 1.47. The predicted octanol–water partition coefficient (Wildman–Crippen LogP) is 0.0865. The first kappa shape index (κ1) is 11.4. The Morgan fingerprint density at radius 3 is 3.06 bits per heavy atom. The molecular formula is C8H10ClN7O. The van der Waals surface area contributed by atoms with Crippen LogP contribution in [0.5, 0.6) is 0 Å². The number of urea groups is 1. The number of anilines is 1. The van der Waals surface area contributed by atoms with Gasteiger partial charge >= 0.3 is 6.03 Å². The monoisotopic (exact) mass is 255 g/mol. The van der Waals surface area contributed by atoms with Crippen LogP contribution < -0.4 is 16.4 Å². The first-order valence-corrected chi connectivity index (χ1v) is 5.18. The highest BCUT2D eigenvalue weighted by Gasteiger charge is 2.07. The summed E-state index contributed by atoms with van der Waals surface area (Å²) in [4.78, 5) is 25.3. The third kappa shape index (κ3) is 2.72. The maximum atomic E-state index is 10.5. The lowest BCUT2D eigenvalue weighted by molar-refractivity contribution is 0.249. The second-order valence-electron chi connectivity index (χ2n) is 3.16. The molecule has 8 nitrogen and oxygen atoms in total. The van der Waals surface area contributed by atoms with Crippen LogP contribution in [0.3, 0.4) is 0 Å². The molecule has 0 saturated heterocycles. The van der Waals surface area contributed by atoms with Gasteiger partial charge in [-0.15, -0.1) is 0 Å². The Bertz CT molecular complexity index is 540. The highest BCUT2D eigenvalue weighted by atomic mass is 35.5. The lowest BCUT2D eigenvalue weighted by Gasteiger charge is -2.06. The molecule has 5 N–H and O–H groups in total. The number of aromatic amines is 1. The van der Waals surface area contributed by atoms with Gasteiger partial charge in [0.1, 0.15) is 5.52 Å². The van der Waals surface area contributed by atoms with E-state index in [9.17, 15) is 4.79 Å². The van der Waals surface area contributed by atoms with E-state index in [4.69, 9.17) is 17.3 Å². The number of rotatable bonds is 4. The number of nitrogens with one attached hydrogen (secondary N) is 3. The van der Waals surface area contributed by atoms with Crippen molar-refractivity contribution in [3.8, 4) is 0 Å². The molecule has 2 aromatic rings. The van der Waals surface area contributed by atoms with Crippen molar-refractivity contribution in [3.05, 3.63) is 11.6 Å². The summed E-state index contributed by atoms with van der Waals surface area (Å²) < 4.78 is 0. The highest BCUT2D eigenvalue weighted by molar-refractivity contribution is 6.28. The Morgan fingerprint density at radius 2 is 2.29 bits per heavy atom. The van der Waals surface area contributed by atoms with Crippen molar-refractivity contribution in [2.75, 3.05) is 18.4 Å². The quantitative estimate of drug-likeness (QED) is 0.455. The summed E-state index contributed by atoms with van der Waals surface area (Å²) >= 11 is 5.74. The molecule has 0 unspecified atom stereocenters. The Kier molecular flexibility index (Phi) is 3.24. The number of nitrogens with two attached hydrogens (primary N) is 1. The van der Waals surface area contributed by atoms with Crippen molar-refractivity contribution in [1.29, 1.82) is 0 Å². The molecule has 0 aliphatic carbocycles. The van der Waals surface area contributed by atoms with E-state index in [1.807, 2.05) is 0 Å². The van der Waals surface area contributed by atoms with Crippen molar-refractivity contribution >= 4 is 34.6 Å². The van der Waals surface area contributed by atoms with E-state index in [-0.39, 0.29) is 5.28 Å². The number of primary amides is 1. The number of carbonyl (C=O) groups excluding carboxylic acids is 1. The largest absolute Gasteiger partial charge is 0.366 e. The number of aromatic nitrogens is 4. The molecule has 0 aliphatic heterocycles. The van der Waals surface area contributed by atoms with Gasteiger partial charge in [-0.05, 0) is 11.6 Å². The number of carbonyl (C=O) groups is 1. The molecule has 2 rings (SSSR count). The van der Waals surface area contributed by atoms with Crippen molar-refractivity contribution < 1.29 is 4.79 Å². The van der Waals surface area contributed by atoms with Gasteiger partial charge in [-0.25, -0.2) is 9.78 Å². The summed E-state index contributed by atoms with van der Waals surface area (Å²) in [6.07, 6.45) is 1.50. The summed E-state index contributed by atoms with van der Waals surface area (Å²) in [5.41, 5.74) is 6.07. The Balaban J connectivity index is 2.07. The lowest BCUT2D eigenvalue weighted by Crippen LogP contribution is -2.33. The van der Waals surface area contributed by atoms with Gasteiger partial charge in [0, 0.05) is 13.1 Å². The molecule has 2 heterocycles. The van der Waals surface area contributed by atoms with Gasteiger partial charge in [-0.3, -0.25) is 0 Å². The van der Waals surface area contributed by atoms with Gasteiger partial charge in [-0.2, -0.15) is 9.97 Å². The number of nitrogens with zero attached hydrogens (tertiary/aromatic N) is 3. The smallest absolute Gasteiger partial charge is 0.312 e. The summed E-state index contributed by atoms with van der Waals surface area (Å²) in [5.74, 6) is 0.531. The molecule has 0 bridgehead atoms. The number of halogens is 1. The van der Waals surface area contributed by atoms with Crippen molar-refractivity contribution in [2.45, 2.75) is 0 Å². The van der Waals surface area contributed by atoms with Gasteiger partial charge in [0.2, 0.25) is 5.28 Å². The molecule has 0 aliphatic rings. The molecule has 0 fully saturated rings. The summed E-state index contributed by atoms with van der Waals surface area (Å²) in [6, 6.07) is -0.570. The van der Waals surface area contributed by atoms with Crippen LogP contribution in [0.25, 0.3) is 11.2 Å². The number of fused-ring (bicyclic) bond motifs is 1. The van der Waals surface area contributed by atoms with Crippen LogP contribution in [0, 0.1) is 0 Å². The summed E-state index contributed by atoms with van der Waals surface area (Å²) in [7, 11) is 0. The van der Waals surface area contributed by atoms with Crippen LogP contribution >= 0.6 is 11.6 Å². The molecule has 2 amide bonds. The first-order chi connectivity index (χ1) is 8.16. The minimum absolute atomic E-state index is 0.106. The van der Waals surface area contributed by atoms with Crippen LogP contribution in [-0.2, 0) is 0 Å². The topological polar surface area (TPSA) is 122 Å². The van der Waals surface area contributed by atoms with Crippen LogP contribution in [0.4, 0.5) is 10.6 Å². The molecule has 2 aromatic heterocycles. The van der Waals surface area contributed by atoms with E-state index in [1.165, 1.54) is 6.33 Å². The third-order valence-electron chi connectivity index (χ3n) is 1.98. The molecule has 17 heavy (non-hydrogen) atoms. The molecule has 90 valence electrons. The molecule has 9 heteroatoms. The molecule has 0 saturated carbocycles. The maximum absolute atomic E-state index is 10.5. The fraction of sp³-hybridized carbons (Fsp3) is 0.250. The summed E-state index contributed by atoms with van der Waals surface area (Å²) in [5, 5.41) is 5.55. The zero-order chi connectivity index (χ0) is 12.3. The lowest BCUT2D eigenvalue weighted by atomic mass is 10.5. The van der Waals surface area contributed by atoms with Crippen LogP contribution in [-0.4, -0.2) is 39.1 Å². The predicted molar refractivity (Wildman–Crippen MR) is 62.8 cm³/mol. The van der Waals surface area contributed by atoms with Crippen LogP contribution in [0.15, 0.2) is 6.33 Å². The standard InChI is InChI=1S/C8H10ClN7O/c9-7-15-5(11-1-2-12-8(10)17)4-6(16-7)14-3-13-4/h3H,1-2H2,(H3,10,12,17)(H2,11,13,14,15,16). The molecule has 0 spiro atoms. The Labute approximate surface area is 101 Å². The average molecular weight is 256 g/mol. The third-order valence-corrected chi connectivity index (χ3v) is 2.14. The van der Waals surface area contributed by atoms with E-state index in [0.717, 1.165) is 0 Å². The number of H-pyrrole nitrogens is 1. The first-order valence-electron chi connectivity index (χ1n) is 4.80. The second kappa shape index (κ2) is 4.83. The van der Waals surface area contributed by atoms with Crippen molar-refractivity contribution in [1.82, 2.24) is 25.3 Å². The van der Waals surface area contributed by atoms with Crippen LogP contribution in [0.2, 0.25) is 5.28 Å². The van der Waals surface area contributed by atoms with Gasteiger partial charge < -0.3 is 21.4 Å². The van der Waals surface area contributed by atoms with E-state index in [1.54, 1.807) is 0 Å². The second-order valence-corrected chi connectivity index (χ2v) is 3.50. The zero-order valence-corrected chi connectivity index (χ0v) is 9.45. The SMILES string of the molecule is NC(=O)NCCNc1nc(Cl)nc2nc[nH]c12.